The summed E-state index contributed by atoms with van der Waals surface area (Å²) in [6.45, 7) is 0.747. The Bertz CT molecular complexity index is 194. The van der Waals surface area contributed by atoms with E-state index in [2.05, 4.69) is 0 Å². The van der Waals surface area contributed by atoms with Gasteiger partial charge in [-0.15, -0.1) is 11.8 Å². The van der Waals surface area contributed by atoms with Crippen molar-refractivity contribution < 1.29 is 44.3 Å². The van der Waals surface area contributed by atoms with Gasteiger partial charge in [0.05, 0.1) is 5.88 Å². The molecular formula is C7H10NNaO3S. The van der Waals surface area contributed by atoms with E-state index in [4.69, 9.17) is 0 Å². The third-order valence-corrected chi connectivity index (χ3v) is 2.61. The van der Waals surface area contributed by atoms with Gasteiger partial charge in [-0.2, -0.15) is 0 Å². The number of amides is 1. The Labute approximate surface area is 103 Å². The molecule has 0 saturated carbocycles. The number of carbonyl (C=O) groups is 2. The monoisotopic (exact) mass is 211 g/mol. The SMILES string of the molecule is O=C([O-])CCC(=O)N1CCSC1.[Na+]. The van der Waals surface area contributed by atoms with E-state index in [-0.39, 0.29) is 48.3 Å². The van der Waals surface area contributed by atoms with Gasteiger partial charge >= 0.3 is 29.6 Å². The van der Waals surface area contributed by atoms with Crippen molar-refractivity contribution >= 4 is 23.6 Å². The smallest absolute Gasteiger partial charge is 0.550 e. The average molecular weight is 211 g/mol. The normalized spacial score (nSPS) is 15.2. The van der Waals surface area contributed by atoms with Crippen molar-refractivity contribution in [2.45, 2.75) is 12.8 Å². The molecule has 1 aliphatic heterocycles. The second-order valence-electron chi connectivity index (χ2n) is 2.57. The number of carboxylic acids is 1. The van der Waals surface area contributed by atoms with Crippen LogP contribution >= 0.6 is 11.8 Å². The summed E-state index contributed by atoms with van der Waals surface area (Å²) in [4.78, 5) is 22.9. The van der Waals surface area contributed by atoms with E-state index in [9.17, 15) is 14.7 Å². The number of hydrogen-bond acceptors (Lipinski definition) is 4. The molecule has 0 aliphatic carbocycles. The first-order chi connectivity index (χ1) is 5.70. The van der Waals surface area contributed by atoms with Gasteiger partial charge in [-0.3, -0.25) is 4.79 Å². The van der Waals surface area contributed by atoms with Gasteiger partial charge in [-0.25, -0.2) is 0 Å². The Morgan fingerprint density at radius 1 is 1.38 bits per heavy atom. The molecule has 68 valence electrons. The number of thioether (sulfide) groups is 1. The second-order valence-corrected chi connectivity index (χ2v) is 3.64. The Balaban J connectivity index is 0.00000144. The molecule has 0 aromatic carbocycles. The van der Waals surface area contributed by atoms with Crippen LogP contribution in [-0.2, 0) is 9.59 Å². The van der Waals surface area contributed by atoms with Crippen LogP contribution in [0.25, 0.3) is 0 Å². The molecule has 1 amide bonds. The van der Waals surface area contributed by atoms with E-state index in [0.29, 0.717) is 5.88 Å². The van der Waals surface area contributed by atoms with Crippen LogP contribution in [0.4, 0.5) is 0 Å². The molecule has 1 fully saturated rings. The molecule has 0 spiro atoms. The van der Waals surface area contributed by atoms with Crippen molar-refractivity contribution in [1.29, 1.82) is 0 Å². The zero-order chi connectivity index (χ0) is 8.97. The largest absolute Gasteiger partial charge is 1.00 e. The number of hydrogen-bond donors (Lipinski definition) is 0. The van der Waals surface area contributed by atoms with Crippen molar-refractivity contribution in [3.8, 4) is 0 Å². The minimum Gasteiger partial charge on any atom is -0.550 e. The van der Waals surface area contributed by atoms with Crippen LogP contribution in [0.3, 0.4) is 0 Å². The first kappa shape index (κ1) is 13.3. The predicted molar refractivity (Wildman–Crippen MR) is 43.3 cm³/mol. The van der Waals surface area contributed by atoms with Crippen molar-refractivity contribution in [2.75, 3.05) is 18.2 Å². The van der Waals surface area contributed by atoms with Crippen LogP contribution in [0.15, 0.2) is 0 Å². The fourth-order valence-corrected chi connectivity index (χ4v) is 1.95. The minimum atomic E-state index is -1.16. The fourth-order valence-electron chi connectivity index (χ4n) is 0.978. The molecule has 0 bridgehead atoms. The summed E-state index contributed by atoms with van der Waals surface area (Å²) < 4.78 is 0. The Morgan fingerprint density at radius 2 is 2.08 bits per heavy atom. The molecule has 6 heteroatoms. The molecule has 0 N–H and O–H groups in total. The quantitative estimate of drug-likeness (QED) is 0.447. The maximum atomic E-state index is 11.2. The molecule has 0 aromatic heterocycles. The zero-order valence-electron chi connectivity index (χ0n) is 7.62. The molecular weight excluding hydrogens is 201 g/mol. The minimum absolute atomic E-state index is 0. The van der Waals surface area contributed by atoms with Gasteiger partial charge in [-0.05, 0) is 6.42 Å². The third kappa shape index (κ3) is 4.90. The maximum absolute atomic E-state index is 11.2. The number of nitrogens with zero attached hydrogens (tertiary/aromatic N) is 1. The van der Waals surface area contributed by atoms with Gasteiger partial charge < -0.3 is 14.8 Å². The maximum Gasteiger partial charge on any atom is 1.00 e. The topological polar surface area (TPSA) is 60.4 Å². The molecule has 0 radical (unpaired) electrons. The summed E-state index contributed by atoms with van der Waals surface area (Å²) in [6, 6.07) is 0. The first-order valence-corrected chi connectivity index (χ1v) is 4.91. The summed E-state index contributed by atoms with van der Waals surface area (Å²) in [5.74, 6) is 0.419. The van der Waals surface area contributed by atoms with E-state index in [1.54, 1.807) is 16.7 Å². The van der Waals surface area contributed by atoms with Gasteiger partial charge in [0.25, 0.3) is 0 Å². The molecule has 1 rings (SSSR count). The van der Waals surface area contributed by atoms with E-state index in [1.165, 1.54) is 0 Å². The van der Waals surface area contributed by atoms with Crippen LogP contribution in [-0.4, -0.2) is 35.0 Å². The summed E-state index contributed by atoms with van der Waals surface area (Å²) in [5.41, 5.74) is 0. The van der Waals surface area contributed by atoms with Crippen molar-refractivity contribution in [3.63, 3.8) is 0 Å². The molecule has 0 aromatic rings. The molecule has 4 nitrogen and oxygen atoms in total. The fraction of sp³-hybridized carbons (Fsp3) is 0.714. The molecule has 13 heavy (non-hydrogen) atoms. The summed E-state index contributed by atoms with van der Waals surface area (Å²) in [5, 5.41) is 10.0. The Hall–Kier alpha value is 0.290. The number of carbonyl (C=O) groups excluding carboxylic acids is 2. The number of carboxylic acid groups (broad SMARTS) is 1. The van der Waals surface area contributed by atoms with Gasteiger partial charge in [0.15, 0.2) is 0 Å². The van der Waals surface area contributed by atoms with E-state index < -0.39 is 5.97 Å². The van der Waals surface area contributed by atoms with Crippen LogP contribution < -0.4 is 34.7 Å². The van der Waals surface area contributed by atoms with E-state index >= 15 is 0 Å². The van der Waals surface area contributed by atoms with Gasteiger partial charge in [0.2, 0.25) is 5.91 Å². The predicted octanol–water partition coefficient (Wildman–Crippen LogP) is -3.95. The van der Waals surface area contributed by atoms with Crippen molar-refractivity contribution in [2.24, 2.45) is 0 Å². The van der Waals surface area contributed by atoms with Crippen molar-refractivity contribution in [1.82, 2.24) is 4.90 Å². The van der Waals surface area contributed by atoms with Crippen LogP contribution in [0.2, 0.25) is 0 Å². The third-order valence-electron chi connectivity index (χ3n) is 1.65. The van der Waals surface area contributed by atoms with Gasteiger partial charge in [-0.1, -0.05) is 0 Å². The Kier molecular flexibility index (Phi) is 6.85. The zero-order valence-corrected chi connectivity index (χ0v) is 10.4. The summed E-state index contributed by atoms with van der Waals surface area (Å²) in [7, 11) is 0. The Morgan fingerprint density at radius 3 is 2.54 bits per heavy atom. The van der Waals surface area contributed by atoms with Crippen molar-refractivity contribution in [3.05, 3.63) is 0 Å². The summed E-state index contributed by atoms with van der Waals surface area (Å²) >= 11 is 1.69. The van der Waals surface area contributed by atoms with E-state index in [1.807, 2.05) is 0 Å². The molecule has 1 aliphatic rings. The number of rotatable bonds is 3. The van der Waals surface area contributed by atoms with Crippen LogP contribution in [0.5, 0.6) is 0 Å². The molecule has 1 saturated heterocycles. The van der Waals surface area contributed by atoms with Gasteiger partial charge in [0, 0.05) is 24.7 Å². The first-order valence-electron chi connectivity index (χ1n) is 3.75. The molecule has 1 heterocycles. The molecule has 0 unspecified atom stereocenters. The number of aliphatic carboxylic acids is 1. The van der Waals surface area contributed by atoms with Crippen LogP contribution in [0.1, 0.15) is 12.8 Å². The molecule has 0 atom stereocenters. The summed E-state index contributed by atoms with van der Waals surface area (Å²) in [6.07, 6.45) is -0.0944. The standard InChI is InChI=1S/C7H11NO3S.Na/c9-6(1-2-7(10)11)8-3-4-12-5-8;/h1-5H2,(H,10,11);/q;+1/p-1. The van der Waals surface area contributed by atoms with Gasteiger partial charge in [0.1, 0.15) is 0 Å². The average Bonchev–Trinajstić information content (AvgIpc) is 2.51. The van der Waals surface area contributed by atoms with Crippen LogP contribution in [0, 0.1) is 0 Å². The van der Waals surface area contributed by atoms with E-state index in [0.717, 1.165) is 12.3 Å². The second kappa shape index (κ2) is 6.70.